The lowest BCUT2D eigenvalue weighted by molar-refractivity contribution is -0.384. The largest absolute Gasteiger partial charge is 0.507 e. The van der Waals surface area contributed by atoms with Gasteiger partial charge in [-0.05, 0) is 48.4 Å². The van der Waals surface area contributed by atoms with Crippen molar-refractivity contribution in [3.05, 3.63) is 105 Å². The number of amides is 1. The molecule has 180 valence electrons. The Morgan fingerprint density at radius 2 is 1.81 bits per heavy atom. The number of hydrogen-bond donors (Lipinski definition) is 1. The molecule has 0 radical (unpaired) electrons. The van der Waals surface area contributed by atoms with E-state index in [2.05, 4.69) is 0 Å². The molecule has 9 heteroatoms. The summed E-state index contributed by atoms with van der Waals surface area (Å²) in [6.07, 6.45) is 0.823. The molecule has 0 aliphatic carbocycles. The number of ketones is 1. The molecule has 1 aliphatic heterocycles. The van der Waals surface area contributed by atoms with Crippen LogP contribution < -0.4 is 9.64 Å². The molecule has 0 saturated carbocycles. The number of nitriles is 1. The third kappa shape index (κ3) is 4.52. The highest BCUT2D eigenvalue weighted by Crippen LogP contribution is 2.42. The molecule has 36 heavy (non-hydrogen) atoms. The van der Waals surface area contributed by atoms with Crippen molar-refractivity contribution in [2.75, 3.05) is 11.5 Å². The molecule has 1 N–H and O–H groups in total. The lowest BCUT2D eigenvalue weighted by Gasteiger charge is -2.25. The number of nitro benzene ring substituents is 1. The van der Waals surface area contributed by atoms with E-state index in [1.165, 1.54) is 35.2 Å². The molecule has 1 fully saturated rings. The molecular weight excluding hydrogens is 462 g/mol. The summed E-state index contributed by atoms with van der Waals surface area (Å²) in [4.78, 5) is 38.3. The molecule has 1 amide bonds. The fourth-order valence-electron chi connectivity index (χ4n) is 4.00. The number of carbonyl (C=O) groups excluding carboxylic acids is 2. The van der Waals surface area contributed by atoms with Gasteiger partial charge in [0.25, 0.3) is 17.4 Å². The van der Waals surface area contributed by atoms with E-state index in [-0.39, 0.29) is 16.8 Å². The molecule has 4 rings (SSSR count). The highest BCUT2D eigenvalue weighted by Gasteiger charge is 2.47. The van der Waals surface area contributed by atoms with E-state index in [0.29, 0.717) is 29.2 Å². The topological polar surface area (TPSA) is 134 Å². The van der Waals surface area contributed by atoms with Crippen molar-refractivity contribution in [2.45, 2.75) is 19.4 Å². The van der Waals surface area contributed by atoms with Crippen LogP contribution in [-0.4, -0.2) is 28.3 Å². The Bertz CT molecular complexity index is 1400. The van der Waals surface area contributed by atoms with E-state index >= 15 is 0 Å². The third-order valence-corrected chi connectivity index (χ3v) is 5.72. The normalized spacial score (nSPS) is 16.6. The maximum Gasteiger partial charge on any atom is 0.300 e. The van der Waals surface area contributed by atoms with Crippen LogP contribution in [0.25, 0.3) is 5.76 Å². The fourth-order valence-corrected chi connectivity index (χ4v) is 4.00. The van der Waals surface area contributed by atoms with Crippen LogP contribution in [0, 0.1) is 21.4 Å². The number of ether oxygens (including phenoxy) is 1. The summed E-state index contributed by atoms with van der Waals surface area (Å²) in [5, 5.41) is 31.5. The van der Waals surface area contributed by atoms with Crippen molar-refractivity contribution in [1.29, 1.82) is 5.26 Å². The van der Waals surface area contributed by atoms with E-state index < -0.39 is 28.4 Å². The summed E-state index contributed by atoms with van der Waals surface area (Å²) >= 11 is 0. The SMILES string of the molecule is CCCOc1ccc(C2/C(=C(/O)c3cccc([N+](=O)[O-])c3)C(=O)C(=O)N2c2ccc(C#N)cc2)cc1. The summed E-state index contributed by atoms with van der Waals surface area (Å²) in [7, 11) is 0. The standard InChI is InChI=1S/C27H21N3O6/c1-2-14-36-22-12-8-18(9-13-22)24-23(25(31)19-4-3-5-21(15-19)30(34)35)26(32)27(33)29(24)20-10-6-17(16-28)7-11-20/h3-13,15,24,31H,2,14H2,1H3/b25-23-. The number of carbonyl (C=O) groups is 2. The number of aliphatic hydroxyl groups is 1. The minimum Gasteiger partial charge on any atom is -0.507 e. The average molecular weight is 483 g/mol. The average Bonchev–Trinajstić information content (AvgIpc) is 3.17. The molecule has 1 aliphatic rings. The second-order valence-electron chi connectivity index (χ2n) is 8.05. The molecule has 3 aromatic rings. The molecule has 0 bridgehead atoms. The molecule has 1 heterocycles. The molecule has 0 aromatic heterocycles. The number of non-ortho nitro benzene ring substituents is 1. The van der Waals surface area contributed by atoms with Crippen molar-refractivity contribution in [1.82, 2.24) is 0 Å². The van der Waals surface area contributed by atoms with E-state index in [4.69, 9.17) is 10.00 Å². The second kappa shape index (κ2) is 10.1. The van der Waals surface area contributed by atoms with Crippen molar-refractivity contribution in [2.24, 2.45) is 0 Å². The maximum absolute atomic E-state index is 13.2. The first-order valence-corrected chi connectivity index (χ1v) is 11.1. The van der Waals surface area contributed by atoms with Crippen LogP contribution in [0.1, 0.15) is 36.1 Å². The lowest BCUT2D eigenvalue weighted by Crippen LogP contribution is -2.29. The number of nitro groups is 1. The predicted molar refractivity (Wildman–Crippen MR) is 131 cm³/mol. The number of Topliss-reactive ketones (excluding diaryl/α,β-unsaturated/α-hetero) is 1. The number of rotatable bonds is 7. The van der Waals surface area contributed by atoms with Gasteiger partial charge in [0.2, 0.25) is 0 Å². The smallest absolute Gasteiger partial charge is 0.300 e. The van der Waals surface area contributed by atoms with Gasteiger partial charge >= 0.3 is 0 Å². The van der Waals surface area contributed by atoms with Crippen LogP contribution in [0.3, 0.4) is 0 Å². The van der Waals surface area contributed by atoms with Gasteiger partial charge in [-0.2, -0.15) is 5.26 Å². The minimum absolute atomic E-state index is 0.0370. The first-order valence-electron chi connectivity index (χ1n) is 11.1. The van der Waals surface area contributed by atoms with Gasteiger partial charge in [0.15, 0.2) is 0 Å². The van der Waals surface area contributed by atoms with Crippen LogP contribution >= 0.6 is 0 Å². The van der Waals surface area contributed by atoms with E-state index in [1.807, 2.05) is 13.0 Å². The fraction of sp³-hybridized carbons (Fsp3) is 0.148. The molecule has 3 aromatic carbocycles. The number of anilines is 1. The zero-order valence-electron chi connectivity index (χ0n) is 19.2. The van der Waals surface area contributed by atoms with Gasteiger partial charge in [0.05, 0.1) is 34.8 Å². The molecule has 9 nitrogen and oxygen atoms in total. The van der Waals surface area contributed by atoms with Crippen molar-refractivity contribution in [3.63, 3.8) is 0 Å². The highest BCUT2D eigenvalue weighted by atomic mass is 16.6. The Morgan fingerprint density at radius 3 is 2.42 bits per heavy atom. The van der Waals surface area contributed by atoms with Crippen molar-refractivity contribution in [3.8, 4) is 11.8 Å². The van der Waals surface area contributed by atoms with E-state index in [0.717, 1.165) is 12.5 Å². The maximum atomic E-state index is 13.2. The Hall–Kier alpha value is -4.97. The van der Waals surface area contributed by atoms with E-state index in [9.17, 15) is 24.8 Å². The Morgan fingerprint density at radius 1 is 1.11 bits per heavy atom. The Labute approximate surface area is 206 Å². The van der Waals surface area contributed by atoms with Gasteiger partial charge in [-0.1, -0.05) is 31.2 Å². The van der Waals surface area contributed by atoms with Gasteiger partial charge in [0, 0.05) is 23.4 Å². The molecule has 1 unspecified atom stereocenters. The molecule has 1 atom stereocenters. The Balaban J connectivity index is 1.88. The highest BCUT2D eigenvalue weighted by molar-refractivity contribution is 6.51. The predicted octanol–water partition coefficient (Wildman–Crippen LogP) is 4.88. The van der Waals surface area contributed by atoms with Gasteiger partial charge in [-0.3, -0.25) is 24.6 Å². The first kappa shape index (κ1) is 24.2. The minimum atomic E-state index is -1.02. The molecule has 1 saturated heterocycles. The lowest BCUT2D eigenvalue weighted by atomic mass is 9.95. The summed E-state index contributed by atoms with van der Waals surface area (Å²) in [6, 6.07) is 19.1. The quantitative estimate of drug-likeness (QED) is 0.166. The first-order chi connectivity index (χ1) is 17.3. The summed E-state index contributed by atoms with van der Waals surface area (Å²) in [5.74, 6) is -1.72. The number of benzene rings is 3. The van der Waals surface area contributed by atoms with Gasteiger partial charge < -0.3 is 9.84 Å². The summed E-state index contributed by atoms with van der Waals surface area (Å²) in [6.45, 7) is 2.50. The number of hydrogen-bond acceptors (Lipinski definition) is 7. The van der Waals surface area contributed by atoms with Crippen LogP contribution in [0.5, 0.6) is 5.75 Å². The van der Waals surface area contributed by atoms with Gasteiger partial charge in [-0.15, -0.1) is 0 Å². The molecular formula is C27H21N3O6. The van der Waals surface area contributed by atoms with Crippen LogP contribution in [-0.2, 0) is 9.59 Å². The van der Waals surface area contributed by atoms with Crippen molar-refractivity contribution < 1.29 is 24.4 Å². The van der Waals surface area contributed by atoms with Crippen LogP contribution in [0.4, 0.5) is 11.4 Å². The second-order valence-corrected chi connectivity index (χ2v) is 8.05. The third-order valence-electron chi connectivity index (χ3n) is 5.72. The molecule has 0 spiro atoms. The zero-order valence-corrected chi connectivity index (χ0v) is 19.2. The van der Waals surface area contributed by atoms with Crippen LogP contribution in [0.15, 0.2) is 78.4 Å². The number of nitrogens with zero attached hydrogens (tertiary/aromatic N) is 3. The number of aliphatic hydroxyl groups excluding tert-OH is 1. The summed E-state index contributed by atoms with van der Waals surface area (Å²) < 4.78 is 5.63. The van der Waals surface area contributed by atoms with Crippen LogP contribution in [0.2, 0.25) is 0 Å². The Kier molecular flexibility index (Phi) is 6.79. The van der Waals surface area contributed by atoms with Gasteiger partial charge in [-0.25, -0.2) is 0 Å². The van der Waals surface area contributed by atoms with Crippen molar-refractivity contribution >= 4 is 28.8 Å². The zero-order chi connectivity index (χ0) is 25.8. The monoisotopic (exact) mass is 483 g/mol. The summed E-state index contributed by atoms with van der Waals surface area (Å²) in [5.41, 5.74) is 0.817. The van der Waals surface area contributed by atoms with E-state index in [1.54, 1.807) is 36.4 Å². The van der Waals surface area contributed by atoms with Gasteiger partial charge in [0.1, 0.15) is 11.5 Å².